The first-order chi connectivity index (χ1) is 5.93. The Balaban J connectivity index is 1.88. The molecule has 12 heavy (non-hydrogen) atoms. The van der Waals surface area contributed by atoms with Gasteiger partial charge in [0.25, 0.3) is 0 Å². The molecule has 5 aliphatic rings. The molecule has 64 valence electrons. The number of nitrogens with one attached hydrogen (secondary N) is 4. The lowest BCUT2D eigenvalue weighted by atomic mass is 9.63. The Bertz CT molecular complexity index is 192. The predicted octanol–water partition coefficient (Wildman–Crippen LogP) is -9.37. The molecule has 0 aromatic heterocycles. The van der Waals surface area contributed by atoms with Crippen LogP contribution in [0.15, 0.2) is 0 Å². The van der Waals surface area contributed by atoms with Gasteiger partial charge >= 0.3 is 27.9 Å². The number of rotatable bonds is 0. The molecule has 8 bridgehead atoms. The minimum atomic E-state index is 0.284. The first kappa shape index (κ1) is 5.75. The third kappa shape index (κ3) is 0.361. The van der Waals surface area contributed by atoms with Crippen molar-refractivity contribution in [3.05, 3.63) is 0 Å². The van der Waals surface area contributed by atoms with Crippen molar-refractivity contribution >= 4 is 27.9 Å². The second-order valence-electron chi connectivity index (χ2n) is 6.71. The summed E-state index contributed by atoms with van der Waals surface area (Å²) in [5.41, 5.74) is 0. The Morgan fingerprint density at radius 1 is 0.500 bits per heavy atom. The molecule has 5 heterocycles. The van der Waals surface area contributed by atoms with E-state index >= 15 is 0 Å². The van der Waals surface area contributed by atoms with Gasteiger partial charge in [0.15, 0.2) is 0 Å². The Morgan fingerprint density at radius 2 is 0.750 bits per heavy atom. The van der Waals surface area contributed by atoms with Gasteiger partial charge in [0.05, 0.1) is 0 Å². The van der Waals surface area contributed by atoms with E-state index in [-0.39, 0.29) is 27.9 Å². The lowest BCUT2D eigenvalue weighted by Crippen LogP contribution is -3.34. The molecule has 4 nitrogen and oxygen atoms in total. The van der Waals surface area contributed by atoms with Crippen molar-refractivity contribution in [2.24, 2.45) is 0 Å². The molecular weight excluding hydrogens is 147 g/mol. The normalized spacial score (nSPS) is 80.0. The van der Waals surface area contributed by atoms with E-state index in [0.29, 0.717) is 0 Å². The molecule has 8 heteroatoms. The SMILES string of the molecule is C1[BH-]2[NH+]3C[BH-]4[NH+]5C[BH-]3[NH+]1[BH-]5C[NH+]24. The molecule has 0 atom stereocenters. The Morgan fingerprint density at radius 3 is 1.00 bits per heavy atom. The molecule has 0 aromatic carbocycles. The number of hydrogen-bond donors (Lipinski definition) is 4. The van der Waals surface area contributed by atoms with Crippen LogP contribution in [0.2, 0.25) is 0 Å². The lowest BCUT2D eigenvalue weighted by molar-refractivity contribution is -0.756. The van der Waals surface area contributed by atoms with Crippen LogP contribution in [-0.2, 0) is 0 Å². The van der Waals surface area contributed by atoms with Crippen molar-refractivity contribution in [3.63, 3.8) is 0 Å². The highest BCUT2D eigenvalue weighted by atomic mass is 15.5. The molecule has 5 saturated heterocycles. The van der Waals surface area contributed by atoms with Crippen LogP contribution in [0, 0.1) is 0 Å². The fraction of sp³-hybridized carbons (Fsp3) is 1.00. The van der Waals surface area contributed by atoms with E-state index in [1.807, 2.05) is 0 Å². The van der Waals surface area contributed by atoms with Crippen LogP contribution in [0.5, 0.6) is 0 Å². The Hall–Kier alpha value is 0.0997. The summed E-state index contributed by atoms with van der Waals surface area (Å²) < 4.78 is 8.82. The molecule has 0 saturated carbocycles. The maximum atomic E-state index is 2.20. The van der Waals surface area contributed by atoms with E-state index in [2.05, 4.69) is 18.9 Å². The number of quaternary nitrogens is 4. The Kier molecular flexibility index (Phi) is 0.687. The van der Waals surface area contributed by atoms with Crippen molar-refractivity contribution in [2.45, 2.75) is 0 Å². The van der Waals surface area contributed by atoms with Gasteiger partial charge in [-0.05, 0) is 25.8 Å². The van der Waals surface area contributed by atoms with E-state index in [4.69, 9.17) is 0 Å². The van der Waals surface area contributed by atoms with Crippen molar-refractivity contribution < 1.29 is 18.9 Å². The third-order valence-corrected chi connectivity index (χ3v) is 7.24. The van der Waals surface area contributed by atoms with Gasteiger partial charge in [0.1, 0.15) is 0 Å². The summed E-state index contributed by atoms with van der Waals surface area (Å²) >= 11 is 0. The standard InChI is InChI=1S/C4H16B4N4/c1-5-10-4-8-11(5)2-7-9(1)6(10)3-12(7)8/h5-12H,1-4H2. The van der Waals surface area contributed by atoms with E-state index in [1.54, 1.807) is 25.8 Å². The molecule has 0 amide bonds. The van der Waals surface area contributed by atoms with Crippen LogP contribution in [0.25, 0.3) is 0 Å². The first-order valence-corrected chi connectivity index (χ1v) is 6.24. The first-order valence-electron chi connectivity index (χ1n) is 6.24. The number of hydrogen-bond acceptors (Lipinski definition) is 0. The zero-order chi connectivity index (χ0) is 7.45. The quantitative estimate of drug-likeness (QED) is 0.254. The second-order valence-corrected chi connectivity index (χ2v) is 6.71. The zero-order valence-electron chi connectivity index (χ0n) is 7.66. The summed E-state index contributed by atoms with van der Waals surface area (Å²) in [5.74, 6) is 0. The zero-order valence-corrected chi connectivity index (χ0v) is 7.66. The summed E-state index contributed by atoms with van der Waals surface area (Å²) in [6.45, 7) is 1.13. The molecule has 5 fully saturated rings. The van der Waals surface area contributed by atoms with E-state index in [1.165, 1.54) is 0 Å². The molecule has 5 rings (SSSR count). The Labute approximate surface area is 73.3 Å². The van der Waals surface area contributed by atoms with Crippen LogP contribution in [0.4, 0.5) is 0 Å². The molecule has 0 aromatic rings. The summed E-state index contributed by atoms with van der Waals surface area (Å²) in [7, 11) is 0. The summed E-state index contributed by atoms with van der Waals surface area (Å²) in [4.78, 5) is 0. The van der Waals surface area contributed by atoms with Crippen LogP contribution >= 0.6 is 0 Å². The highest BCUT2D eigenvalue weighted by Gasteiger charge is 2.67. The highest BCUT2D eigenvalue weighted by Crippen LogP contribution is 1.91. The maximum absolute atomic E-state index is 2.20. The third-order valence-electron chi connectivity index (χ3n) is 7.24. The lowest BCUT2D eigenvalue weighted by Gasteiger charge is -2.37. The molecule has 4 N–H and O–H groups in total. The minimum Gasteiger partial charge on any atom is -0.644 e. The monoisotopic (exact) mass is 164 g/mol. The van der Waals surface area contributed by atoms with Gasteiger partial charge in [-0.15, -0.1) is 0 Å². The molecular formula is C4H16B4N4. The topological polar surface area (TPSA) is 17.8 Å². The van der Waals surface area contributed by atoms with Gasteiger partial charge in [-0.25, -0.2) is 0 Å². The van der Waals surface area contributed by atoms with Crippen molar-refractivity contribution in [2.75, 3.05) is 25.8 Å². The predicted molar refractivity (Wildman–Crippen MR) is 51.9 cm³/mol. The molecule has 0 spiro atoms. The summed E-state index contributed by atoms with van der Waals surface area (Å²) in [6, 6.07) is 0. The highest BCUT2D eigenvalue weighted by molar-refractivity contribution is 6.78. The second kappa shape index (κ2) is 1.43. The van der Waals surface area contributed by atoms with Gasteiger partial charge in [-0.3, -0.25) is 0 Å². The summed E-state index contributed by atoms with van der Waals surface area (Å²) in [6.07, 6.45) is 6.71. The van der Waals surface area contributed by atoms with Crippen LogP contribution in [0.3, 0.4) is 0 Å². The largest absolute Gasteiger partial charge is 0.644 e. The van der Waals surface area contributed by atoms with E-state index in [9.17, 15) is 0 Å². The van der Waals surface area contributed by atoms with Crippen molar-refractivity contribution in [3.8, 4) is 0 Å². The average molecular weight is 163 g/mol. The maximum Gasteiger partial charge on any atom is 0.360 e. The smallest absolute Gasteiger partial charge is 0.360 e. The van der Waals surface area contributed by atoms with Crippen LogP contribution in [0.1, 0.15) is 0 Å². The van der Waals surface area contributed by atoms with Gasteiger partial charge < -0.3 is 18.9 Å². The van der Waals surface area contributed by atoms with Crippen molar-refractivity contribution in [1.29, 1.82) is 0 Å². The van der Waals surface area contributed by atoms with Gasteiger partial charge in [-0.1, -0.05) is 0 Å². The van der Waals surface area contributed by atoms with Crippen LogP contribution < -0.4 is 18.9 Å². The van der Waals surface area contributed by atoms with E-state index < -0.39 is 0 Å². The van der Waals surface area contributed by atoms with Crippen molar-refractivity contribution in [1.82, 2.24) is 0 Å². The van der Waals surface area contributed by atoms with Gasteiger partial charge in [0, 0.05) is 0 Å². The molecule has 0 unspecified atom stereocenters. The fourth-order valence-electron chi connectivity index (χ4n) is 7.41. The minimum absolute atomic E-state index is 0.284. The summed E-state index contributed by atoms with van der Waals surface area (Å²) in [5, 5.41) is 0. The van der Waals surface area contributed by atoms with Gasteiger partial charge in [0.2, 0.25) is 0 Å². The van der Waals surface area contributed by atoms with Gasteiger partial charge in [-0.2, -0.15) is 0 Å². The molecule has 0 radical (unpaired) electrons. The molecule has 5 aliphatic heterocycles. The van der Waals surface area contributed by atoms with E-state index in [0.717, 1.165) is 0 Å². The molecule has 0 aliphatic carbocycles. The van der Waals surface area contributed by atoms with Crippen LogP contribution in [-0.4, -0.2) is 53.7 Å². The average Bonchev–Trinajstić information content (AvgIpc) is 2.62. The fourth-order valence-corrected chi connectivity index (χ4v) is 7.41.